The zero-order chi connectivity index (χ0) is 16.8. The van der Waals surface area contributed by atoms with E-state index in [1.807, 2.05) is 12.1 Å². The minimum absolute atomic E-state index is 0.0281. The predicted molar refractivity (Wildman–Crippen MR) is 91.2 cm³/mol. The van der Waals surface area contributed by atoms with E-state index >= 15 is 0 Å². The summed E-state index contributed by atoms with van der Waals surface area (Å²) in [4.78, 5) is 23.0. The zero-order valence-electron chi connectivity index (χ0n) is 12.8. The maximum Gasteiger partial charge on any atom is 0.337 e. The van der Waals surface area contributed by atoms with E-state index in [4.69, 9.17) is 16.7 Å². The summed E-state index contributed by atoms with van der Waals surface area (Å²) in [6.45, 7) is 2.10. The van der Waals surface area contributed by atoms with Crippen LogP contribution in [0.1, 0.15) is 34.8 Å². The molecule has 0 saturated carbocycles. The Bertz CT molecular complexity index is 711. The number of aryl methyl sites for hydroxylation is 2. The molecule has 0 aliphatic carbocycles. The number of hydrogen-bond acceptors (Lipinski definition) is 2. The van der Waals surface area contributed by atoms with Crippen molar-refractivity contribution in [1.29, 1.82) is 0 Å². The number of hydrogen-bond donors (Lipinski definition) is 2. The van der Waals surface area contributed by atoms with Gasteiger partial charge < -0.3 is 10.4 Å². The highest BCUT2D eigenvalue weighted by molar-refractivity contribution is 6.33. The first-order valence-corrected chi connectivity index (χ1v) is 7.78. The van der Waals surface area contributed by atoms with E-state index in [1.54, 1.807) is 6.07 Å². The van der Waals surface area contributed by atoms with Gasteiger partial charge in [-0.3, -0.25) is 4.79 Å². The fourth-order valence-corrected chi connectivity index (χ4v) is 2.39. The number of amides is 1. The topological polar surface area (TPSA) is 66.4 Å². The van der Waals surface area contributed by atoms with E-state index in [1.165, 1.54) is 17.7 Å². The van der Waals surface area contributed by atoms with Crippen molar-refractivity contribution in [1.82, 2.24) is 0 Å². The highest BCUT2D eigenvalue weighted by atomic mass is 35.5. The van der Waals surface area contributed by atoms with Crippen LogP contribution in [0.4, 0.5) is 5.69 Å². The summed E-state index contributed by atoms with van der Waals surface area (Å²) in [6, 6.07) is 12.6. The number of halogens is 1. The van der Waals surface area contributed by atoms with E-state index in [2.05, 4.69) is 24.4 Å². The molecule has 5 heteroatoms. The molecule has 1 amide bonds. The summed E-state index contributed by atoms with van der Waals surface area (Å²) < 4.78 is 0. The van der Waals surface area contributed by atoms with Gasteiger partial charge in [-0.25, -0.2) is 4.79 Å². The van der Waals surface area contributed by atoms with Crippen LogP contribution >= 0.6 is 11.6 Å². The SMILES string of the molecule is CCc1ccc(CCC(=O)Nc2ccc(Cl)c(C(=O)O)c2)cc1. The van der Waals surface area contributed by atoms with Gasteiger partial charge in [0, 0.05) is 12.1 Å². The Morgan fingerprint density at radius 3 is 2.35 bits per heavy atom. The third-order valence-corrected chi connectivity index (χ3v) is 3.88. The highest BCUT2D eigenvalue weighted by Gasteiger charge is 2.11. The fourth-order valence-electron chi connectivity index (χ4n) is 2.19. The van der Waals surface area contributed by atoms with Crippen molar-refractivity contribution >= 4 is 29.2 Å². The lowest BCUT2D eigenvalue weighted by Gasteiger charge is -2.07. The number of carboxylic acids is 1. The minimum Gasteiger partial charge on any atom is -0.478 e. The molecular formula is C18H18ClNO3. The maximum atomic E-state index is 12.0. The number of carboxylic acid groups (broad SMARTS) is 1. The van der Waals surface area contributed by atoms with Crippen LogP contribution in [-0.4, -0.2) is 17.0 Å². The molecule has 0 aliphatic rings. The number of benzene rings is 2. The monoisotopic (exact) mass is 331 g/mol. The Morgan fingerprint density at radius 1 is 1.09 bits per heavy atom. The zero-order valence-corrected chi connectivity index (χ0v) is 13.6. The molecule has 0 fully saturated rings. The van der Waals surface area contributed by atoms with E-state index in [9.17, 15) is 9.59 Å². The third kappa shape index (κ3) is 4.83. The smallest absolute Gasteiger partial charge is 0.337 e. The number of anilines is 1. The Kier molecular flexibility index (Phi) is 5.77. The molecule has 0 saturated heterocycles. The molecule has 0 radical (unpaired) electrons. The lowest BCUT2D eigenvalue weighted by molar-refractivity contribution is -0.116. The van der Waals surface area contributed by atoms with Gasteiger partial charge in [0.05, 0.1) is 10.6 Å². The molecule has 0 bridgehead atoms. The summed E-state index contributed by atoms with van der Waals surface area (Å²) in [5.41, 5.74) is 2.76. The summed E-state index contributed by atoms with van der Waals surface area (Å²) in [5, 5.41) is 11.9. The summed E-state index contributed by atoms with van der Waals surface area (Å²) in [7, 11) is 0. The van der Waals surface area contributed by atoms with Crippen LogP contribution in [0.15, 0.2) is 42.5 Å². The van der Waals surface area contributed by atoms with Gasteiger partial charge in [0.15, 0.2) is 0 Å². The van der Waals surface area contributed by atoms with Crippen molar-refractivity contribution in [3.8, 4) is 0 Å². The number of carbonyl (C=O) groups is 2. The predicted octanol–water partition coefficient (Wildman–Crippen LogP) is 4.17. The number of aromatic carboxylic acids is 1. The van der Waals surface area contributed by atoms with Crippen LogP contribution in [0.2, 0.25) is 5.02 Å². The van der Waals surface area contributed by atoms with Crippen LogP contribution < -0.4 is 5.32 Å². The van der Waals surface area contributed by atoms with Gasteiger partial charge in [-0.15, -0.1) is 0 Å². The van der Waals surface area contributed by atoms with Crippen molar-refractivity contribution in [2.75, 3.05) is 5.32 Å². The molecule has 2 N–H and O–H groups in total. The average molecular weight is 332 g/mol. The minimum atomic E-state index is -1.12. The fraction of sp³-hybridized carbons (Fsp3) is 0.222. The molecule has 0 unspecified atom stereocenters. The highest BCUT2D eigenvalue weighted by Crippen LogP contribution is 2.20. The average Bonchev–Trinajstić information content (AvgIpc) is 2.55. The van der Waals surface area contributed by atoms with Crippen molar-refractivity contribution in [2.45, 2.75) is 26.2 Å². The van der Waals surface area contributed by atoms with Gasteiger partial charge in [0.25, 0.3) is 0 Å². The van der Waals surface area contributed by atoms with E-state index in [-0.39, 0.29) is 16.5 Å². The number of rotatable bonds is 6. The van der Waals surface area contributed by atoms with Crippen LogP contribution in [0.5, 0.6) is 0 Å². The van der Waals surface area contributed by atoms with Crippen molar-refractivity contribution in [3.63, 3.8) is 0 Å². The molecule has 2 aromatic carbocycles. The van der Waals surface area contributed by atoms with Gasteiger partial charge >= 0.3 is 5.97 Å². The van der Waals surface area contributed by atoms with Crippen LogP contribution in [0, 0.1) is 0 Å². The molecule has 2 aromatic rings. The Morgan fingerprint density at radius 2 is 1.74 bits per heavy atom. The molecule has 23 heavy (non-hydrogen) atoms. The summed E-state index contributed by atoms with van der Waals surface area (Å²) in [5.74, 6) is -1.29. The molecule has 4 nitrogen and oxygen atoms in total. The molecule has 2 rings (SSSR count). The third-order valence-electron chi connectivity index (χ3n) is 3.55. The molecule has 0 atom stereocenters. The second kappa shape index (κ2) is 7.79. The Hall–Kier alpha value is -2.33. The van der Waals surface area contributed by atoms with E-state index < -0.39 is 5.97 Å². The quantitative estimate of drug-likeness (QED) is 0.834. The lowest BCUT2D eigenvalue weighted by atomic mass is 10.1. The maximum absolute atomic E-state index is 12.0. The molecule has 120 valence electrons. The van der Waals surface area contributed by atoms with E-state index in [0.29, 0.717) is 18.5 Å². The first-order valence-electron chi connectivity index (χ1n) is 7.40. The normalized spacial score (nSPS) is 10.3. The van der Waals surface area contributed by atoms with Gasteiger partial charge in [0.1, 0.15) is 0 Å². The standard InChI is InChI=1S/C18H18ClNO3/c1-2-12-3-5-13(6-4-12)7-10-17(21)20-14-8-9-16(19)15(11-14)18(22)23/h3-6,8-9,11H,2,7,10H2,1H3,(H,20,21)(H,22,23). The summed E-state index contributed by atoms with van der Waals surface area (Å²) >= 11 is 5.80. The molecule has 0 spiro atoms. The molecular weight excluding hydrogens is 314 g/mol. The second-order valence-electron chi connectivity index (χ2n) is 5.22. The Balaban J connectivity index is 1.94. The van der Waals surface area contributed by atoms with Crippen LogP contribution in [0.25, 0.3) is 0 Å². The first-order chi connectivity index (χ1) is 11.0. The van der Waals surface area contributed by atoms with Gasteiger partial charge in [-0.05, 0) is 42.2 Å². The molecule has 0 heterocycles. The van der Waals surface area contributed by atoms with Gasteiger partial charge in [-0.2, -0.15) is 0 Å². The molecule has 0 aliphatic heterocycles. The lowest BCUT2D eigenvalue weighted by Crippen LogP contribution is -2.13. The van der Waals surface area contributed by atoms with E-state index in [0.717, 1.165) is 12.0 Å². The first kappa shape index (κ1) is 17.0. The van der Waals surface area contributed by atoms with Gasteiger partial charge in [-0.1, -0.05) is 42.8 Å². The second-order valence-corrected chi connectivity index (χ2v) is 5.63. The van der Waals surface area contributed by atoms with Crippen molar-refractivity contribution in [3.05, 3.63) is 64.2 Å². The summed E-state index contributed by atoms with van der Waals surface area (Å²) in [6.07, 6.45) is 1.95. The Labute approximate surface area is 140 Å². The van der Waals surface area contributed by atoms with Gasteiger partial charge in [0.2, 0.25) is 5.91 Å². The largest absolute Gasteiger partial charge is 0.478 e. The number of nitrogens with one attached hydrogen (secondary N) is 1. The van der Waals surface area contributed by atoms with Crippen molar-refractivity contribution in [2.24, 2.45) is 0 Å². The number of carbonyl (C=O) groups excluding carboxylic acids is 1. The van der Waals surface area contributed by atoms with Crippen molar-refractivity contribution < 1.29 is 14.7 Å². The van der Waals surface area contributed by atoms with Crippen LogP contribution in [-0.2, 0) is 17.6 Å². The van der Waals surface area contributed by atoms with Crippen LogP contribution in [0.3, 0.4) is 0 Å². The molecule has 0 aromatic heterocycles.